The van der Waals surface area contributed by atoms with Gasteiger partial charge in [-0.15, -0.1) is 0 Å². The lowest BCUT2D eigenvalue weighted by molar-refractivity contribution is -0.137. The molecule has 18 heavy (non-hydrogen) atoms. The van der Waals surface area contributed by atoms with Crippen LogP contribution < -0.4 is 16.0 Å². The van der Waals surface area contributed by atoms with Gasteiger partial charge in [0.25, 0.3) is 0 Å². The second kappa shape index (κ2) is 8.32. The van der Waals surface area contributed by atoms with Crippen molar-refractivity contribution in [3.8, 4) is 0 Å². The van der Waals surface area contributed by atoms with Gasteiger partial charge in [-0.2, -0.15) is 0 Å². The molecule has 0 rings (SSSR count). The van der Waals surface area contributed by atoms with E-state index in [1.807, 2.05) is 13.8 Å². The Labute approximate surface area is 106 Å². The van der Waals surface area contributed by atoms with Crippen LogP contribution in [-0.4, -0.2) is 41.6 Å². The molecule has 1 unspecified atom stereocenters. The molecular weight excluding hydrogens is 238 g/mol. The highest BCUT2D eigenvalue weighted by Gasteiger charge is 2.10. The van der Waals surface area contributed by atoms with Crippen LogP contribution >= 0.6 is 0 Å². The molecule has 0 aliphatic carbocycles. The van der Waals surface area contributed by atoms with Crippen molar-refractivity contribution in [1.82, 2.24) is 16.0 Å². The molecule has 0 fully saturated rings. The first-order valence-electron chi connectivity index (χ1n) is 5.86. The Morgan fingerprint density at radius 1 is 1.11 bits per heavy atom. The molecule has 0 heterocycles. The number of urea groups is 1. The summed E-state index contributed by atoms with van der Waals surface area (Å²) in [6.07, 6.45) is 0.0557. The number of amides is 3. The average Bonchev–Trinajstić information content (AvgIpc) is 2.13. The van der Waals surface area contributed by atoms with E-state index in [0.717, 1.165) is 0 Å². The van der Waals surface area contributed by atoms with E-state index >= 15 is 0 Å². The second-order valence-electron chi connectivity index (χ2n) is 4.37. The smallest absolute Gasteiger partial charge is 0.315 e. The minimum absolute atomic E-state index is 0.0712. The van der Waals surface area contributed by atoms with Crippen LogP contribution in [0.15, 0.2) is 0 Å². The molecule has 0 aromatic heterocycles. The molecule has 0 saturated carbocycles. The van der Waals surface area contributed by atoms with Crippen LogP contribution in [0.25, 0.3) is 0 Å². The van der Waals surface area contributed by atoms with Crippen molar-refractivity contribution in [2.75, 3.05) is 6.54 Å². The largest absolute Gasteiger partial charge is 0.481 e. The molecule has 1 atom stereocenters. The van der Waals surface area contributed by atoms with Gasteiger partial charge in [0.15, 0.2) is 0 Å². The first-order valence-corrected chi connectivity index (χ1v) is 5.86. The zero-order valence-corrected chi connectivity index (χ0v) is 10.9. The SMILES string of the molecule is CC(C)NC(=O)CCNC(=O)NC(C)CC(=O)O. The number of carboxylic acids is 1. The highest BCUT2D eigenvalue weighted by atomic mass is 16.4. The predicted octanol–water partition coefficient (Wildman–Crippen LogP) is 0.0635. The van der Waals surface area contributed by atoms with Gasteiger partial charge in [-0.05, 0) is 20.8 Å². The maximum atomic E-state index is 11.3. The van der Waals surface area contributed by atoms with Crippen molar-refractivity contribution in [2.24, 2.45) is 0 Å². The van der Waals surface area contributed by atoms with E-state index < -0.39 is 18.0 Å². The highest BCUT2D eigenvalue weighted by Crippen LogP contribution is 1.89. The fourth-order valence-electron chi connectivity index (χ4n) is 1.27. The van der Waals surface area contributed by atoms with Gasteiger partial charge in [-0.1, -0.05) is 0 Å². The summed E-state index contributed by atoms with van der Waals surface area (Å²) in [6.45, 7) is 5.51. The number of aliphatic carboxylic acids is 1. The first-order chi connectivity index (χ1) is 8.31. The second-order valence-corrected chi connectivity index (χ2v) is 4.37. The van der Waals surface area contributed by atoms with Gasteiger partial charge in [0.2, 0.25) is 5.91 Å². The fourth-order valence-corrected chi connectivity index (χ4v) is 1.27. The van der Waals surface area contributed by atoms with E-state index in [9.17, 15) is 14.4 Å². The van der Waals surface area contributed by atoms with Crippen LogP contribution in [0.1, 0.15) is 33.6 Å². The highest BCUT2D eigenvalue weighted by molar-refractivity contribution is 5.78. The standard InChI is InChI=1S/C11H21N3O4/c1-7(2)13-9(15)4-5-12-11(18)14-8(3)6-10(16)17/h7-8H,4-6H2,1-3H3,(H,13,15)(H,16,17)(H2,12,14,18). The molecule has 7 nitrogen and oxygen atoms in total. The zero-order chi connectivity index (χ0) is 14.1. The van der Waals surface area contributed by atoms with E-state index in [-0.39, 0.29) is 31.3 Å². The van der Waals surface area contributed by atoms with Gasteiger partial charge >= 0.3 is 12.0 Å². The van der Waals surface area contributed by atoms with E-state index in [1.54, 1.807) is 6.92 Å². The summed E-state index contributed by atoms with van der Waals surface area (Å²) >= 11 is 0. The summed E-state index contributed by atoms with van der Waals surface area (Å²) in [7, 11) is 0. The van der Waals surface area contributed by atoms with Crippen molar-refractivity contribution in [3.63, 3.8) is 0 Å². The minimum Gasteiger partial charge on any atom is -0.481 e. The third-order valence-corrected chi connectivity index (χ3v) is 1.95. The molecule has 0 aliphatic heterocycles. The van der Waals surface area contributed by atoms with Crippen molar-refractivity contribution in [2.45, 2.75) is 45.7 Å². The summed E-state index contributed by atoms with van der Waals surface area (Å²) in [6, 6.07) is -0.852. The molecule has 0 aromatic carbocycles. The normalized spacial score (nSPS) is 11.8. The molecule has 0 bridgehead atoms. The average molecular weight is 259 g/mol. The topological polar surface area (TPSA) is 108 Å². The molecule has 104 valence electrons. The lowest BCUT2D eigenvalue weighted by atomic mass is 10.2. The summed E-state index contributed by atoms with van der Waals surface area (Å²) in [5.74, 6) is -1.11. The van der Waals surface area contributed by atoms with Crippen LogP contribution in [0.3, 0.4) is 0 Å². The number of carbonyl (C=O) groups is 3. The molecule has 0 aliphatic rings. The van der Waals surface area contributed by atoms with Crippen LogP contribution in [-0.2, 0) is 9.59 Å². The lowest BCUT2D eigenvalue weighted by Crippen LogP contribution is -2.43. The maximum absolute atomic E-state index is 11.3. The Balaban J connectivity index is 3.71. The molecule has 4 N–H and O–H groups in total. The third kappa shape index (κ3) is 9.44. The van der Waals surface area contributed by atoms with Gasteiger partial charge in [-0.3, -0.25) is 9.59 Å². The van der Waals surface area contributed by atoms with Gasteiger partial charge in [0, 0.05) is 25.0 Å². The molecular formula is C11H21N3O4. The van der Waals surface area contributed by atoms with Gasteiger partial charge < -0.3 is 21.1 Å². The van der Waals surface area contributed by atoms with Crippen LogP contribution in [0.2, 0.25) is 0 Å². The monoisotopic (exact) mass is 259 g/mol. The van der Waals surface area contributed by atoms with Gasteiger partial charge in [0.05, 0.1) is 6.42 Å². The van der Waals surface area contributed by atoms with Crippen LogP contribution in [0, 0.1) is 0 Å². The zero-order valence-electron chi connectivity index (χ0n) is 10.9. The third-order valence-electron chi connectivity index (χ3n) is 1.95. The molecule has 3 amide bonds. The molecule has 0 spiro atoms. The van der Waals surface area contributed by atoms with E-state index in [1.165, 1.54) is 0 Å². The van der Waals surface area contributed by atoms with Crippen molar-refractivity contribution in [3.05, 3.63) is 0 Å². The Hall–Kier alpha value is -1.79. The molecule has 7 heteroatoms. The number of hydrogen-bond acceptors (Lipinski definition) is 3. The quantitative estimate of drug-likeness (QED) is 0.518. The lowest BCUT2D eigenvalue weighted by Gasteiger charge is -2.13. The summed E-state index contributed by atoms with van der Waals surface area (Å²) in [5, 5.41) is 16.2. The molecule has 0 saturated heterocycles. The van der Waals surface area contributed by atoms with E-state index in [2.05, 4.69) is 16.0 Å². The van der Waals surface area contributed by atoms with E-state index in [0.29, 0.717) is 0 Å². The Kier molecular flexibility index (Phi) is 7.50. The Morgan fingerprint density at radius 3 is 2.22 bits per heavy atom. The van der Waals surface area contributed by atoms with Crippen LogP contribution in [0.4, 0.5) is 4.79 Å². The van der Waals surface area contributed by atoms with Gasteiger partial charge in [0.1, 0.15) is 0 Å². The predicted molar refractivity (Wildman–Crippen MR) is 66.1 cm³/mol. The maximum Gasteiger partial charge on any atom is 0.315 e. The van der Waals surface area contributed by atoms with Crippen LogP contribution in [0.5, 0.6) is 0 Å². The van der Waals surface area contributed by atoms with Gasteiger partial charge in [-0.25, -0.2) is 4.79 Å². The van der Waals surface area contributed by atoms with Crippen molar-refractivity contribution < 1.29 is 19.5 Å². The molecule has 0 aromatic rings. The summed E-state index contributed by atoms with van der Waals surface area (Å²) < 4.78 is 0. The molecule has 0 radical (unpaired) electrons. The summed E-state index contributed by atoms with van der Waals surface area (Å²) in [5.41, 5.74) is 0. The number of hydrogen-bond donors (Lipinski definition) is 4. The Bertz CT molecular complexity index is 305. The van der Waals surface area contributed by atoms with Crippen molar-refractivity contribution >= 4 is 17.9 Å². The van der Waals surface area contributed by atoms with E-state index in [4.69, 9.17) is 5.11 Å². The number of rotatable bonds is 7. The Morgan fingerprint density at radius 2 is 1.72 bits per heavy atom. The first kappa shape index (κ1) is 16.2. The van der Waals surface area contributed by atoms with Crippen molar-refractivity contribution in [1.29, 1.82) is 0 Å². The minimum atomic E-state index is -0.973. The number of nitrogens with one attached hydrogen (secondary N) is 3. The fraction of sp³-hybridized carbons (Fsp3) is 0.727. The number of carbonyl (C=O) groups excluding carboxylic acids is 2. The number of carboxylic acid groups (broad SMARTS) is 1. The summed E-state index contributed by atoms with van der Waals surface area (Å²) in [4.78, 5) is 32.9.